The van der Waals surface area contributed by atoms with E-state index in [1.165, 1.54) is 18.7 Å². The molecule has 33 heavy (non-hydrogen) atoms. The maximum absolute atomic E-state index is 12.6. The quantitative estimate of drug-likeness (QED) is 0.667. The lowest BCUT2D eigenvalue weighted by Gasteiger charge is -2.34. The number of halogens is 1. The van der Waals surface area contributed by atoms with Gasteiger partial charge in [0.05, 0.1) is 17.7 Å². The lowest BCUT2D eigenvalue weighted by molar-refractivity contribution is -0.142. The van der Waals surface area contributed by atoms with Crippen molar-refractivity contribution < 1.29 is 24.2 Å². The minimum atomic E-state index is -1.03. The number of carboxylic acids is 1. The molecule has 0 aromatic heterocycles. The molecule has 2 unspecified atom stereocenters. The highest BCUT2D eigenvalue weighted by Crippen LogP contribution is 2.65. The van der Waals surface area contributed by atoms with Gasteiger partial charge in [0, 0.05) is 25.3 Å². The third-order valence-corrected chi connectivity index (χ3v) is 7.87. The van der Waals surface area contributed by atoms with Gasteiger partial charge in [-0.1, -0.05) is 35.9 Å². The molecule has 3 aliphatic rings. The topological polar surface area (TPSA) is 76.1 Å². The first kappa shape index (κ1) is 22.2. The number of hydrogen-bond acceptors (Lipinski definition) is 4. The molecule has 7 heteroatoms. The molecule has 2 aromatic carbocycles. The summed E-state index contributed by atoms with van der Waals surface area (Å²) in [6, 6.07) is 11.3. The van der Waals surface area contributed by atoms with Crippen molar-refractivity contribution in [3.63, 3.8) is 0 Å². The van der Waals surface area contributed by atoms with Gasteiger partial charge in [0.15, 0.2) is 0 Å². The smallest absolute Gasteiger partial charge is 0.335 e. The van der Waals surface area contributed by atoms with Crippen LogP contribution in [0.25, 0.3) is 11.1 Å². The van der Waals surface area contributed by atoms with E-state index in [4.69, 9.17) is 21.1 Å². The number of carboxylic acid groups (broad SMARTS) is 1. The Bertz CT molecular complexity index is 1070. The molecular weight excluding hydrogens is 442 g/mol. The Morgan fingerprint density at radius 2 is 1.91 bits per heavy atom. The van der Waals surface area contributed by atoms with E-state index in [0.29, 0.717) is 29.3 Å². The Balaban J connectivity index is 1.28. The first-order valence-corrected chi connectivity index (χ1v) is 11.9. The van der Waals surface area contributed by atoms with Crippen molar-refractivity contribution in [2.24, 2.45) is 5.41 Å². The van der Waals surface area contributed by atoms with Crippen LogP contribution in [-0.4, -0.2) is 54.8 Å². The first-order valence-electron chi connectivity index (χ1n) is 11.5. The maximum atomic E-state index is 12.6. The molecule has 1 spiro atoms. The van der Waals surface area contributed by atoms with E-state index in [-0.39, 0.29) is 22.6 Å². The van der Waals surface area contributed by atoms with Gasteiger partial charge in [0.1, 0.15) is 11.9 Å². The molecule has 1 N–H and O–H groups in total. The average molecular weight is 470 g/mol. The summed E-state index contributed by atoms with van der Waals surface area (Å²) in [4.78, 5) is 26.1. The number of piperidine rings is 1. The summed E-state index contributed by atoms with van der Waals surface area (Å²) >= 11 is 6.27. The fourth-order valence-corrected chi connectivity index (χ4v) is 5.85. The molecule has 0 bridgehead atoms. The number of rotatable bonds is 5. The second kappa shape index (κ2) is 8.65. The van der Waals surface area contributed by atoms with Gasteiger partial charge in [-0.05, 0) is 66.7 Å². The van der Waals surface area contributed by atoms with Crippen molar-refractivity contribution in [2.45, 2.75) is 44.1 Å². The van der Waals surface area contributed by atoms with Crippen molar-refractivity contribution >= 4 is 23.5 Å². The Morgan fingerprint density at radius 3 is 2.52 bits per heavy atom. The Kier molecular flexibility index (Phi) is 5.83. The summed E-state index contributed by atoms with van der Waals surface area (Å²) in [5.74, 6) is 0.115. The van der Waals surface area contributed by atoms with Crippen molar-refractivity contribution in [1.29, 1.82) is 0 Å². The lowest BCUT2D eigenvalue weighted by atomic mass is 9.88. The Labute approximate surface area is 198 Å². The van der Waals surface area contributed by atoms with Crippen LogP contribution in [0.2, 0.25) is 5.02 Å². The normalized spacial score (nSPS) is 23.5. The number of carbonyl (C=O) groups excluding carboxylic acids is 1. The van der Waals surface area contributed by atoms with Gasteiger partial charge in [-0.3, -0.25) is 4.79 Å². The van der Waals surface area contributed by atoms with Crippen LogP contribution in [0.1, 0.15) is 53.9 Å². The van der Waals surface area contributed by atoms with Crippen LogP contribution in [0.3, 0.4) is 0 Å². The summed E-state index contributed by atoms with van der Waals surface area (Å²) in [7, 11) is 1.53. The third-order valence-electron chi connectivity index (χ3n) is 7.58. The molecule has 1 saturated carbocycles. The van der Waals surface area contributed by atoms with Gasteiger partial charge >= 0.3 is 5.97 Å². The van der Waals surface area contributed by atoms with Crippen molar-refractivity contribution in [2.75, 3.05) is 26.8 Å². The van der Waals surface area contributed by atoms with Gasteiger partial charge in [0.25, 0.3) is 5.91 Å². The van der Waals surface area contributed by atoms with Crippen LogP contribution in [0, 0.1) is 5.41 Å². The summed E-state index contributed by atoms with van der Waals surface area (Å²) in [6.07, 6.45) is 4.81. The van der Waals surface area contributed by atoms with Crippen molar-refractivity contribution in [3.8, 4) is 16.9 Å². The molecule has 1 amide bonds. The monoisotopic (exact) mass is 469 g/mol. The molecule has 2 aliphatic heterocycles. The number of amides is 1. The predicted molar refractivity (Wildman–Crippen MR) is 125 cm³/mol. The SMILES string of the molecule is COc1c(Cl)cc(C(=O)O)cc1-c1ccc(C2CC23CCN(C(=O)C2CCCO2)CC3)cc1. The highest BCUT2D eigenvalue weighted by atomic mass is 35.5. The number of benzene rings is 2. The van der Waals surface area contributed by atoms with E-state index in [1.807, 2.05) is 17.0 Å². The molecular formula is C26H28ClNO5. The minimum absolute atomic E-state index is 0.130. The van der Waals surface area contributed by atoms with Gasteiger partial charge in [0.2, 0.25) is 0 Å². The van der Waals surface area contributed by atoms with Crippen LogP contribution >= 0.6 is 11.6 Å². The average Bonchev–Trinajstić information content (AvgIpc) is 3.24. The van der Waals surface area contributed by atoms with E-state index < -0.39 is 5.97 Å². The van der Waals surface area contributed by atoms with Crippen LogP contribution in [0.4, 0.5) is 0 Å². The number of likely N-dealkylation sites (tertiary alicyclic amines) is 1. The molecule has 0 radical (unpaired) electrons. The maximum Gasteiger partial charge on any atom is 0.335 e. The van der Waals surface area contributed by atoms with Crippen molar-refractivity contribution in [3.05, 3.63) is 52.5 Å². The van der Waals surface area contributed by atoms with E-state index >= 15 is 0 Å². The summed E-state index contributed by atoms with van der Waals surface area (Å²) in [6.45, 7) is 2.32. The molecule has 2 heterocycles. The summed E-state index contributed by atoms with van der Waals surface area (Å²) < 4.78 is 11.0. The van der Waals surface area contributed by atoms with E-state index in [2.05, 4.69) is 12.1 Å². The molecule has 6 nitrogen and oxygen atoms in total. The highest BCUT2D eigenvalue weighted by molar-refractivity contribution is 6.33. The van der Waals surface area contributed by atoms with Gasteiger partial charge in [-0.2, -0.15) is 0 Å². The van der Waals surface area contributed by atoms with E-state index in [9.17, 15) is 14.7 Å². The molecule has 5 rings (SSSR count). The predicted octanol–water partition coefficient (Wildman–Crippen LogP) is 4.99. The number of methoxy groups -OCH3 is 1. The zero-order chi connectivity index (χ0) is 23.2. The lowest BCUT2D eigenvalue weighted by Crippen LogP contribution is -2.44. The second-order valence-electron chi connectivity index (χ2n) is 9.41. The third kappa shape index (κ3) is 4.11. The highest BCUT2D eigenvalue weighted by Gasteiger charge is 2.55. The van der Waals surface area contributed by atoms with Crippen LogP contribution in [0.15, 0.2) is 36.4 Å². The molecule has 1 aliphatic carbocycles. The van der Waals surface area contributed by atoms with Gasteiger partial charge < -0.3 is 19.5 Å². The van der Waals surface area contributed by atoms with Crippen LogP contribution in [0.5, 0.6) is 5.75 Å². The number of hydrogen-bond donors (Lipinski definition) is 1. The fraction of sp³-hybridized carbons (Fsp3) is 0.462. The second-order valence-corrected chi connectivity index (χ2v) is 9.82. The standard InChI is InChI=1S/C26H28ClNO5/c1-32-23-19(13-18(25(30)31)14-21(23)27)16-4-6-17(7-5-16)20-15-26(20)8-10-28(11-9-26)24(29)22-3-2-12-33-22/h4-7,13-14,20,22H,2-3,8-12,15H2,1H3,(H,30,31). The fourth-order valence-electron chi connectivity index (χ4n) is 5.55. The summed E-state index contributed by atoms with van der Waals surface area (Å²) in [5.41, 5.74) is 3.24. The minimum Gasteiger partial charge on any atom is -0.495 e. The largest absolute Gasteiger partial charge is 0.495 e. The van der Waals surface area contributed by atoms with Crippen molar-refractivity contribution in [1.82, 2.24) is 4.90 Å². The van der Waals surface area contributed by atoms with Gasteiger partial charge in [-0.25, -0.2) is 4.79 Å². The molecule has 2 aromatic rings. The summed E-state index contributed by atoms with van der Waals surface area (Å²) in [5, 5.41) is 9.67. The molecule has 2 saturated heterocycles. The van der Waals surface area contributed by atoms with Gasteiger partial charge in [-0.15, -0.1) is 0 Å². The zero-order valence-corrected chi connectivity index (χ0v) is 19.4. The number of carbonyl (C=O) groups is 2. The number of aromatic carboxylic acids is 1. The van der Waals surface area contributed by atoms with E-state index in [1.54, 1.807) is 6.07 Å². The van der Waals surface area contributed by atoms with Crippen LogP contribution in [-0.2, 0) is 9.53 Å². The number of nitrogens with zero attached hydrogens (tertiary/aromatic N) is 1. The Morgan fingerprint density at radius 1 is 1.18 bits per heavy atom. The number of ether oxygens (including phenoxy) is 2. The zero-order valence-electron chi connectivity index (χ0n) is 18.7. The molecule has 174 valence electrons. The Hall–Kier alpha value is -2.57. The molecule has 3 fully saturated rings. The molecule has 2 atom stereocenters. The van der Waals surface area contributed by atoms with Crippen LogP contribution < -0.4 is 4.74 Å². The van der Waals surface area contributed by atoms with E-state index in [0.717, 1.165) is 50.8 Å². The first-order chi connectivity index (χ1) is 15.9.